The van der Waals surface area contributed by atoms with Crippen LogP contribution in [0.5, 0.6) is 0 Å². The number of carboxylic acid groups (broad SMARTS) is 1. The molecule has 1 aromatic carbocycles. The molecule has 0 unspecified atom stereocenters. The summed E-state index contributed by atoms with van der Waals surface area (Å²) in [6, 6.07) is 7.45. The van der Waals surface area contributed by atoms with E-state index in [-0.39, 0.29) is 18.9 Å². The summed E-state index contributed by atoms with van der Waals surface area (Å²) in [5.74, 6) is -1.01. The number of carbonyl (C=O) groups is 2. The van der Waals surface area contributed by atoms with Crippen molar-refractivity contribution in [1.82, 2.24) is 9.80 Å². The van der Waals surface area contributed by atoms with Gasteiger partial charge in [0.2, 0.25) is 0 Å². The fraction of sp³-hybridized carbons (Fsp3) is 0.467. The van der Waals surface area contributed by atoms with Crippen LogP contribution in [0.25, 0.3) is 0 Å². The largest absolute Gasteiger partial charge is 0.481 e. The highest BCUT2D eigenvalue weighted by molar-refractivity contribution is 5.94. The van der Waals surface area contributed by atoms with Gasteiger partial charge in [0.1, 0.15) is 0 Å². The van der Waals surface area contributed by atoms with Crippen molar-refractivity contribution in [2.75, 3.05) is 27.2 Å². The van der Waals surface area contributed by atoms with E-state index < -0.39 is 5.97 Å². The molecule has 0 spiro atoms. The number of hydrogen-bond donors (Lipinski definition) is 1. The molecule has 0 fully saturated rings. The topological polar surface area (TPSA) is 60.9 Å². The zero-order chi connectivity index (χ0) is 15.1. The Balaban J connectivity index is 2.72. The summed E-state index contributed by atoms with van der Waals surface area (Å²) in [7, 11) is 3.98. The number of hydrogen-bond acceptors (Lipinski definition) is 3. The van der Waals surface area contributed by atoms with Gasteiger partial charge in [-0.2, -0.15) is 0 Å². The molecule has 0 aliphatic carbocycles. The summed E-state index contributed by atoms with van der Waals surface area (Å²) in [5.41, 5.74) is 1.74. The average Bonchev–Trinajstić information content (AvgIpc) is 2.39. The molecule has 1 amide bonds. The first-order valence-corrected chi connectivity index (χ1v) is 6.68. The Bertz CT molecular complexity index is 455. The third-order valence-corrected chi connectivity index (χ3v) is 2.96. The van der Waals surface area contributed by atoms with E-state index in [0.29, 0.717) is 12.1 Å². The number of benzene rings is 1. The minimum atomic E-state index is -0.891. The van der Waals surface area contributed by atoms with Crippen LogP contribution in [-0.2, 0) is 11.3 Å². The van der Waals surface area contributed by atoms with Gasteiger partial charge in [-0.25, -0.2) is 0 Å². The summed E-state index contributed by atoms with van der Waals surface area (Å²) < 4.78 is 0. The van der Waals surface area contributed by atoms with Gasteiger partial charge in [-0.05, 0) is 38.7 Å². The van der Waals surface area contributed by atoms with Crippen LogP contribution in [0.2, 0.25) is 0 Å². The average molecular weight is 278 g/mol. The Kier molecular flexibility index (Phi) is 6.18. The molecule has 20 heavy (non-hydrogen) atoms. The number of aliphatic carboxylic acids is 1. The molecule has 0 aromatic heterocycles. The van der Waals surface area contributed by atoms with E-state index in [4.69, 9.17) is 5.11 Å². The van der Waals surface area contributed by atoms with E-state index in [0.717, 1.165) is 12.1 Å². The molecule has 5 heteroatoms. The summed E-state index contributed by atoms with van der Waals surface area (Å²) >= 11 is 0. The zero-order valence-electron chi connectivity index (χ0n) is 12.3. The zero-order valence-corrected chi connectivity index (χ0v) is 12.3. The molecule has 0 aliphatic heterocycles. The van der Waals surface area contributed by atoms with Crippen LogP contribution in [0, 0.1) is 0 Å². The number of amides is 1. The lowest BCUT2D eigenvalue weighted by molar-refractivity contribution is -0.137. The van der Waals surface area contributed by atoms with E-state index in [1.165, 1.54) is 0 Å². The Morgan fingerprint density at radius 1 is 1.15 bits per heavy atom. The van der Waals surface area contributed by atoms with Crippen molar-refractivity contribution in [3.05, 3.63) is 35.4 Å². The predicted molar refractivity (Wildman–Crippen MR) is 77.7 cm³/mol. The third kappa shape index (κ3) is 5.01. The quantitative estimate of drug-likeness (QED) is 0.824. The molecule has 0 radical (unpaired) electrons. The Hall–Kier alpha value is -1.88. The summed E-state index contributed by atoms with van der Waals surface area (Å²) in [6.07, 6.45) is -0.0295. The maximum absolute atomic E-state index is 12.2. The van der Waals surface area contributed by atoms with Gasteiger partial charge in [-0.3, -0.25) is 9.59 Å². The summed E-state index contributed by atoms with van der Waals surface area (Å²) in [4.78, 5) is 26.4. The van der Waals surface area contributed by atoms with Crippen LogP contribution in [-0.4, -0.2) is 54.0 Å². The first-order valence-electron chi connectivity index (χ1n) is 6.68. The highest BCUT2D eigenvalue weighted by Gasteiger charge is 2.15. The van der Waals surface area contributed by atoms with Crippen molar-refractivity contribution in [1.29, 1.82) is 0 Å². The standard InChI is InChI=1S/C15H22N2O3/c1-4-17(10-9-14(18)19)15(20)13-7-5-12(6-8-13)11-16(2)3/h5-8H,4,9-11H2,1-3H3,(H,18,19). The second kappa shape index (κ2) is 7.65. The monoisotopic (exact) mass is 278 g/mol. The van der Waals surface area contributed by atoms with E-state index in [9.17, 15) is 9.59 Å². The van der Waals surface area contributed by atoms with Gasteiger partial charge in [0, 0.05) is 25.2 Å². The normalized spacial score (nSPS) is 10.6. The van der Waals surface area contributed by atoms with Crippen molar-refractivity contribution >= 4 is 11.9 Å². The Morgan fingerprint density at radius 3 is 2.20 bits per heavy atom. The maximum Gasteiger partial charge on any atom is 0.305 e. The minimum Gasteiger partial charge on any atom is -0.481 e. The molecular formula is C15H22N2O3. The molecule has 5 nitrogen and oxygen atoms in total. The van der Waals surface area contributed by atoms with E-state index in [1.54, 1.807) is 17.0 Å². The summed E-state index contributed by atoms with van der Waals surface area (Å²) in [5, 5.41) is 8.69. The Morgan fingerprint density at radius 2 is 1.75 bits per heavy atom. The van der Waals surface area contributed by atoms with Crippen molar-refractivity contribution in [3.8, 4) is 0 Å². The lowest BCUT2D eigenvalue weighted by Gasteiger charge is -2.20. The number of carboxylic acids is 1. The van der Waals surface area contributed by atoms with E-state index in [1.807, 2.05) is 33.2 Å². The molecular weight excluding hydrogens is 256 g/mol. The summed E-state index contributed by atoms with van der Waals surface area (Å²) in [6.45, 7) is 3.42. The van der Waals surface area contributed by atoms with E-state index in [2.05, 4.69) is 4.90 Å². The van der Waals surface area contributed by atoms with Crippen LogP contribution in [0.1, 0.15) is 29.3 Å². The molecule has 0 atom stereocenters. The molecule has 1 N–H and O–H groups in total. The smallest absolute Gasteiger partial charge is 0.305 e. The van der Waals surface area contributed by atoms with Crippen LogP contribution in [0.3, 0.4) is 0 Å². The fourth-order valence-electron chi connectivity index (χ4n) is 1.93. The van der Waals surface area contributed by atoms with Crippen LogP contribution < -0.4 is 0 Å². The van der Waals surface area contributed by atoms with Gasteiger partial charge in [-0.15, -0.1) is 0 Å². The third-order valence-electron chi connectivity index (χ3n) is 2.96. The van der Waals surface area contributed by atoms with Gasteiger partial charge < -0.3 is 14.9 Å². The molecule has 0 heterocycles. The van der Waals surface area contributed by atoms with E-state index >= 15 is 0 Å². The second-order valence-electron chi connectivity index (χ2n) is 4.96. The first-order chi connectivity index (χ1) is 9.43. The molecule has 0 saturated heterocycles. The molecule has 0 aliphatic rings. The molecule has 0 bridgehead atoms. The first kappa shape index (κ1) is 16.2. The highest BCUT2D eigenvalue weighted by atomic mass is 16.4. The van der Waals surface area contributed by atoms with Crippen molar-refractivity contribution in [2.24, 2.45) is 0 Å². The van der Waals surface area contributed by atoms with Gasteiger partial charge in [0.15, 0.2) is 0 Å². The molecule has 1 rings (SSSR count). The Labute approximate surface area is 119 Å². The lowest BCUT2D eigenvalue weighted by atomic mass is 10.1. The maximum atomic E-state index is 12.2. The predicted octanol–water partition coefficient (Wildman–Crippen LogP) is 1.68. The van der Waals surface area contributed by atoms with Gasteiger partial charge in [0.05, 0.1) is 6.42 Å². The molecule has 110 valence electrons. The number of carbonyl (C=O) groups excluding carboxylic acids is 1. The SMILES string of the molecule is CCN(CCC(=O)O)C(=O)c1ccc(CN(C)C)cc1. The number of nitrogens with zero attached hydrogens (tertiary/aromatic N) is 2. The van der Waals surface area contributed by atoms with Crippen molar-refractivity contribution in [2.45, 2.75) is 19.9 Å². The van der Waals surface area contributed by atoms with Gasteiger partial charge >= 0.3 is 5.97 Å². The van der Waals surface area contributed by atoms with Gasteiger partial charge in [-0.1, -0.05) is 12.1 Å². The van der Waals surface area contributed by atoms with Gasteiger partial charge in [0.25, 0.3) is 5.91 Å². The highest BCUT2D eigenvalue weighted by Crippen LogP contribution is 2.09. The number of rotatable bonds is 7. The second-order valence-corrected chi connectivity index (χ2v) is 4.96. The van der Waals surface area contributed by atoms with Crippen LogP contribution >= 0.6 is 0 Å². The molecule has 0 saturated carbocycles. The lowest BCUT2D eigenvalue weighted by Crippen LogP contribution is -2.32. The van der Waals surface area contributed by atoms with Crippen molar-refractivity contribution < 1.29 is 14.7 Å². The van der Waals surface area contributed by atoms with Crippen molar-refractivity contribution in [3.63, 3.8) is 0 Å². The fourth-order valence-corrected chi connectivity index (χ4v) is 1.93. The molecule has 1 aromatic rings. The van der Waals surface area contributed by atoms with Crippen LogP contribution in [0.15, 0.2) is 24.3 Å². The van der Waals surface area contributed by atoms with Crippen LogP contribution in [0.4, 0.5) is 0 Å². The minimum absolute atomic E-state index is 0.0295.